The fourth-order valence-electron chi connectivity index (χ4n) is 2.16. The number of aromatic nitrogens is 1. The maximum absolute atomic E-state index is 12.4. The van der Waals surface area contributed by atoms with E-state index in [0.717, 1.165) is 12.8 Å². The van der Waals surface area contributed by atoms with Crippen molar-refractivity contribution in [1.29, 1.82) is 0 Å². The number of likely N-dealkylation sites (tertiary alicyclic amines) is 1. The molecule has 1 atom stereocenters. The van der Waals surface area contributed by atoms with Crippen molar-refractivity contribution in [3.63, 3.8) is 0 Å². The number of nitrogens with two attached hydrogens (primary N) is 1. The lowest BCUT2D eigenvalue weighted by Gasteiger charge is -2.23. The Morgan fingerprint density at radius 2 is 2.50 bits per heavy atom. The van der Waals surface area contributed by atoms with E-state index < -0.39 is 0 Å². The predicted molar refractivity (Wildman–Crippen MR) is 70.9 cm³/mol. The van der Waals surface area contributed by atoms with E-state index in [2.05, 4.69) is 26.3 Å². The van der Waals surface area contributed by atoms with Crippen molar-refractivity contribution in [3.05, 3.63) is 22.3 Å². The third-order valence-corrected chi connectivity index (χ3v) is 3.50. The first-order valence-electron chi connectivity index (χ1n) is 5.71. The number of rotatable bonds is 3. The molecule has 0 bridgehead atoms. The Kier molecular flexibility index (Phi) is 4.15. The van der Waals surface area contributed by atoms with Gasteiger partial charge >= 0.3 is 0 Å². The summed E-state index contributed by atoms with van der Waals surface area (Å²) in [6.07, 6.45) is 3.30. The van der Waals surface area contributed by atoms with Gasteiger partial charge in [0.2, 0.25) is 0 Å². The Hall–Kier alpha value is -1.18. The maximum Gasteiger partial charge on any atom is 0.258 e. The number of hydrazine groups is 1. The summed E-state index contributed by atoms with van der Waals surface area (Å²) in [6.45, 7) is 0.638. The van der Waals surface area contributed by atoms with Gasteiger partial charge in [0, 0.05) is 17.2 Å². The largest absolute Gasteiger partial charge is 0.394 e. The molecule has 18 heavy (non-hydrogen) atoms. The minimum absolute atomic E-state index is 0.0153. The van der Waals surface area contributed by atoms with Crippen molar-refractivity contribution in [3.8, 4) is 0 Å². The van der Waals surface area contributed by atoms with Crippen LogP contribution < -0.4 is 11.3 Å². The SMILES string of the molecule is NNc1ncc(Br)cc1C(=O)N1CCCC1CO. The van der Waals surface area contributed by atoms with Gasteiger partial charge in [0.25, 0.3) is 5.91 Å². The number of carbonyl (C=O) groups excluding carboxylic acids is 1. The number of halogens is 1. The van der Waals surface area contributed by atoms with Crippen molar-refractivity contribution in [2.75, 3.05) is 18.6 Å². The molecule has 0 aromatic carbocycles. The fraction of sp³-hybridized carbons (Fsp3) is 0.455. The Morgan fingerprint density at radius 3 is 3.17 bits per heavy atom. The summed E-state index contributed by atoms with van der Waals surface area (Å²) in [5.74, 6) is 5.54. The summed E-state index contributed by atoms with van der Waals surface area (Å²) in [5, 5.41) is 9.25. The predicted octanol–water partition coefficient (Wildman–Crippen LogP) is 0.727. The van der Waals surface area contributed by atoms with E-state index in [1.54, 1.807) is 17.2 Å². The number of nitrogens with zero attached hydrogens (tertiary/aromatic N) is 2. The van der Waals surface area contributed by atoms with Crippen LogP contribution in [0.4, 0.5) is 5.82 Å². The van der Waals surface area contributed by atoms with Gasteiger partial charge in [0.05, 0.1) is 18.2 Å². The third kappa shape index (κ3) is 2.47. The summed E-state index contributed by atoms with van der Waals surface area (Å²) in [6, 6.07) is 1.57. The molecule has 1 aromatic heterocycles. The summed E-state index contributed by atoms with van der Waals surface area (Å²) < 4.78 is 0.713. The quantitative estimate of drug-likeness (QED) is 0.565. The number of amides is 1. The maximum atomic E-state index is 12.4. The molecule has 1 fully saturated rings. The smallest absolute Gasteiger partial charge is 0.258 e. The lowest BCUT2D eigenvalue weighted by molar-refractivity contribution is 0.0678. The van der Waals surface area contributed by atoms with Gasteiger partial charge in [0.15, 0.2) is 5.82 Å². The van der Waals surface area contributed by atoms with Crippen LogP contribution in [0.1, 0.15) is 23.2 Å². The Balaban J connectivity index is 2.30. The van der Waals surface area contributed by atoms with E-state index in [1.165, 1.54) is 0 Å². The molecule has 6 nitrogen and oxygen atoms in total. The first kappa shape index (κ1) is 13.3. The molecule has 2 rings (SSSR count). The van der Waals surface area contributed by atoms with Crippen LogP contribution in [-0.4, -0.2) is 40.1 Å². The zero-order valence-corrected chi connectivity index (χ0v) is 11.4. The Morgan fingerprint density at radius 1 is 1.72 bits per heavy atom. The molecule has 4 N–H and O–H groups in total. The highest BCUT2D eigenvalue weighted by atomic mass is 79.9. The van der Waals surface area contributed by atoms with Gasteiger partial charge in [-0.15, -0.1) is 0 Å². The zero-order chi connectivity index (χ0) is 13.1. The standard InChI is InChI=1S/C11H15BrN4O2/c12-7-4-9(10(15-13)14-5-7)11(18)16-3-1-2-8(16)6-17/h4-5,8,17H,1-3,6,13H2,(H,14,15). The lowest BCUT2D eigenvalue weighted by Crippen LogP contribution is -2.38. The highest BCUT2D eigenvalue weighted by Crippen LogP contribution is 2.24. The molecule has 0 saturated carbocycles. The number of nitrogen functional groups attached to an aromatic ring is 1. The van der Waals surface area contributed by atoms with Crippen molar-refractivity contribution < 1.29 is 9.90 Å². The second-order valence-electron chi connectivity index (χ2n) is 4.17. The number of aliphatic hydroxyl groups excluding tert-OH is 1. The highest BCUT2D eigenvalue weighted by Gasteiger charge is 2.30. The molecular weight excluding hydrogens is 300 g/mol. The molecule has 2 heterocycles. The molecule has 7 heteroatoms. The van der Waals surface area contributed by atoms with Crippen LogP contribution in [0.3, 0.4) is 0 Å². The summed E-state index contributed by atoms with van der Waals surface area (Å²) >= 11 is 3.28. The number of nitrogens with one attached hydrogen (secondary N) is 1. The molecule has 1 saturated heterocycles. The number of hydrogen-bond acceptors (Lipinski definition) is 5. The topological polar surface area (TPSA) is 91.5 Å². The van der Waals surface area contributed by atoms with Crippen LogP contribution in [0, 0.1) is 0 Å². The van der Waals surface area contributed by atoms with Crippen molar-refractivity contribution in [2.24, 2.45) is 5.84 Å². The van der Waals surface area contributed by atoms with Crippen molar-refractivity contribution in [1.82, 2.24) is 9.88 Å². The van der Waals surface area contributed by atoms with Gasteiger partial charge in [-0.3, -0.25) is 4.79 Å². The van der Waals surface area contributed by atoms with E-state index in [0.29, 0.717) is 22.4 Å². The summed E-state index contributed by atoms with van der Waals surface area (Å²) in [4.78, 5) is 18.1. The number of anilines is 1. The average Bonchev–Trinajstić information content (AvgIpc) is 2.86. The van der Waals surface area contributed by atoms with Crippen LogP contribution in [-0.2, 0) is 0 Å². The van der Waals surface area contributed by atoms with Crippen LogP contribution in [0.2, 0.25) is 0 Å². The second-order valence-corrected chi connectivity index (χ2v) is 5.09. The second kappa shape index (κ2) is 5.64. The monoisotopic (exact) mass is 314 g/mol. The number of carbonyl (C=O) groups is 1. The van der Waals surface area contributed by atoms with Gasteiger partial charge < -0.3 is 15.4 Å². The van der Waals surface area contributed by atoms with Gasteiger partial charge in [-0.25, -0.2) is 10.8 Å². The van der Waals surface area contributed by atoms with Crippen LogP contribution in [0.5, 0.6) is 0 Å². The van der Waals surface area contributed by atoms with Crippen LogP contribution in [0.15, 0.2) is 16.7 Å². The van der Waals surface area contributed by atoms with Crippen LogP contribution in [0.25, 0.3) is 0 Å². The first-order chi connectivity index (χ1) is 8.67. The molecule has 0 spiro atoms. The number of aliphatic hydroxyl groups is 1. The zero-order valence-electron chi connectivity index (χ0n) is 9.77. The van der Waals surface area contributed by atoms with E-state index in [9.17, 15) is 9.90 Å². The Bertz CT molecular complexity index is 455. The molecule has 0 aliphatic carbocycles. The van der Waals surface area contributed by atoms with Crippen LogP contribution >= 0.6 is 15.9 Å². The number of pyridine rings is 1. The molecule has 98 valence electrons. The number of hydrogen-bond donors (Lipinski definition) is 3. The average molecular weight is 315 g/mol. The fourth-order valence-corrected chi connectivity index (χ4v) is 2.50. The molecule has 1 aliphatic heterocycles. The van der Waals surface area contributed by atoms with Gasteiger partial charge in [-0.05, 0) is 34.8 Å². The molecule has 0 radical (unpaired) electrons. The van der Waals surface area contributed by atoms with E-state index in [-0.39, 0.29) is 18.6 Å². The lowest BCUT2D eigenvalue weighted by atomic mass is 10.2. The van der Waals surface area contributed by atoms with Crippen molar-refractivity contribution >= 4 is 27.7 Å². The highest BCUT2D eigenvalue weighted by molar-refractivity contribution is 9.10. The summed E-state index contributed by atoms with van der Waals surface area (Å²) in [7, 11) is 0. The first-order valence-corrected chi connectivity index (χ1v) is 6.50. The minimum atomic E-state index is -0.159. The Labute approximate surface area is 113 Å². The van der Waals surface area contributed by atoms with E-state index in [4.69, 9.17) is 5.84 Å². The molecule has 1 aromatic rings. The molecular formula is C11H15BrN4O2. The van der Waals surface area contributed by atoms with E-state index >= 15 is 0 Å². The normalized spacial score (nSPS) is 19.1. The van der Waals surface area contributed by atoms with Gasteiger partial charge in [-0.1, -0.05) is 0 Å². The molecule has 1 amide bonds. The van der Waals surface area contributed by atoms with Gasteiger partial charge in [-0.2, -0.15) is 0 Å². The summed E-state index contributed by atoms with van der Waals surface area (Å²) in [5.41, 5.74) is 2.83. The third-order valence-electron chi connectivity index (χ3n) is 3.07. The van der Waals surface area contributed by atoms with E-state index in [1.807, 2.05) is 0 Å². The van der Waals surface area contributed by atoms with Gasteiger partial charge in [0.1, 0.15) is 0 Å². The molecule has 1 unspecified atom stereocenters. The molecule has 1 aliphatic rings. The van der Waals surface area contributed by atoms with Crippen molar-refractivity contribution in [2.45, 2.75) is 18.9 Å². The minimum Gasteiger partial charge on any atom is -0.394 e.